The first-order valence-corrected chi connectivity index (χ1v) is 6.79. The number of aromatic nitrogens is 1. The third-order valence-electron chi connectivity index (χ3n) is 3.74. The molecule has 1 aromatic heterocycles. The van der Waals surface area contributed by atoms with Gasteiger partial charge in [0.05, 0.1) is 6.61 Å². The number of methoxy groups -OCH3 is 1. The Labute approximate surface area is 118 Å². The van der Waals surface area contributed by atoms with Crippen molar-refractivity contribution in [1.29, 1.82) is 0 Å². The molecule has 1 amide bonds. The zero-order valence-electron chi connectivity index (χ0n) is 11.7. The van der Waals surface area contributed by atoms with Crippen molar-refractivity contribution in [3.05, 3.63) is 24.0 Å². The largest absolute Gasteiger partial charge is 0.505 e. The van der Waals surface area contributed by atoms with Crippen molar-refractivity contribution < 1.29 is 14.6 Å². The van der Waals surface area contributed by atoms with Crippen LogP contribution < -0.4 is 10.6 Å². The van der Waals surface area contributed by atoms with Gasteiger partial charge in [-0.05, 0) is 38.1 Å². The van der Waals surface area contributed by atoms with Crippen molar-refractivity contribution in [2.24, 2.45) is 5.41 Å². The van der Waals surface area contributed by atoms with Gasteiger partial charge >= 0.3 is 0 Å². The Bertz CT molecular complexity index is 453. The average molecular weight is 279 g/mol. The summed E-state index contributed by atoms with van der Waals surface area (Å²) in [6, 6.07) is 3.04. The molecule has 110 valence electrons. The quantitative estimate of drug-likeness (QED) is 0.732. The monoisotopic (exact) mass is 279 g/mol. The molecule has 0 radical (unpaired) electrons. The first-order chi connectivity index (χ1) is 9.67. The van der Waals surface area contributed by atoms with E-state index in [1.807, 2.05) is 0 Å². The van der Waals surface area contributed by atoms with Crippen LogP contribution in [0.1, 0.15) is 23.3 Å². The zero-order chi connectivity index (χ0) is 14.4. The van der Waals surface area contributed by atoms with Crippen molar-refractivity contribution in [3.8, 4) is 5.75 Å². The lowest BCUT2D eigenvalue weighted by molar-refractivity contribution is 0.0510. The van der Waals surface area contributed by atoms with Crippen molar-refractivity contribution in [2.75, 3.05) is 33.4 Å². The summed E-state index contributed by atoms with van der Waals surface area (Å²) in [5, 5.41) is 15.8. The minimum atomic E-state index is -0.350. The number of pyridine rings is 1. The van der Waals surface area contributed by atoms with Crippen LogP contribution in [0.5, 0.6) is 5.75 Å². The smallest absolute Gasteiger partial charge is 0.273 e. The highest BCUT2D eigenvalue weighted by molar-refractivity contribution is 5.94. The van der Waals surface area contributed by atoms with E-state index in [1.165, 1.54) is 12.3 Å². The normalized spacial score (nSPS) is 17.6. The van der Waals surface area contributed by atoms with Crippen LogP contribution >= 0.6 is 0 Å². The van der Waals surface area contributed by atoms with E-state index < -0.39 is 0 Å². The van der Waals surface area contributed by atoms with Crippen LogP contribution in [0.4, 0.5) is 0 Å². The number of piperidine rings is 1. The molecule has 2 rings (SSSR count). The number of carbonyl (C=O) groups excluding carboxylic acids is 1. The molecule has 2 heterocycles. The highest BCUT2D eigenvalue weighted by atomic mass is 16.5. The zero-order valence-corrected chi connectivity index (χ0v) is 11.7. The van der Waals surface area contributed by atoms with Crippen LogP contribution in [0.3, 0.4) is 0 Å². The molecule has 0 spiro atoms. The summed E-state index contributed by atoms with van der Waals surface area (Å²) in [5.74, 6) is -0.451. The molecule has 0 atom stereocenters. The predicted molar refractivity (Wildman–Crippen MR) is 74.6 cm³/mol. The van der Waals surface area contributed by atoms with Crippen LogP contribution in [0.15, 0.2) is 18.3 Å². The first kappa shape index (κ1) is 14.7. The number of carbonyl (C=O) groups is 1. The summed E-state index contributed by atoms with van der Waals surface area (Å²) in [5.41, 5.74) is 0.0223. The summed E-state index contributed by atoms with van der Waals surface area (Å²) < 4.78 is 5.30. The first-order valence-electron chi connectivity index (χ1n) is 6.79. The number of aromatic hydroxyl groups is 1. The van der Waals surface area contributed by atoms with E-state index in [0.717, 1.165) is 25.9 Å². The van der Waals surface area contributed by atoms with Gasteiger partial charge in [-0.1, -0.05) is 0 Å². The number of hydrogen-bond acceptors (Lipinski definition) is 5. The Morgan fingerprint density at radius 1 is 1.55 bits per heavy atom. The predicted octanol–water partition coefficient (Wildman–Crippen LogP) is 0.533. The Morgan fingerprint density at radius 2 is 2.30 bits per heavy atom. The van der Waals surface area contributed by atoms with E-state index in [0.29, 0.717) is 13.2 Å². The van der Waals surface area contributed by atoms with Gasteiger partial charge < -0.3 is 20.5 Å². The molecule has 1 aromatic rings. The standard InChI is InChI=1S/C14H21N3O3/c1-20-10-14(4-7-15-8-5-14)9-17-13(19)12-11(18)3-2-6-16-12/h2-3,6,15,18H,4-5,7-10H2,1H3,(H,17,19). The fourth-order valence-electron chi connectivity index (χ4n) is 2.56. The third-order valence-corrected chi connectivity index (χ3v) is 3.74. The molecule has 0 unspecified atom stereocenters. The Hall–Kier alpha value is -1.66. The second-order valence-electron chi connectivity index (χ2n) is 5.24. The lowest BCUT2D eigenvalue weighted by Crippen LogP contribution is -2.47. The Balaban J connectivity index is 1.99. The lowest BCUT2D eigenvalue weighted by atomic mass is 9.79. The van der Waals surface area contributed by atoms with E-state index in [2.05, 4.69) is 15.6 Å². The summed E-state index contributed by atoms with van der Waals surface area (Å²) >= 11 is 0. The van der Waals surface area contributed by atoms with Crippen LogP contribution in [0.25, 0.3) is 0 Å². The van der Waals surface area contributed by atoms with Crippen molar-refractivity contribution in [3.63, 3.8) is 0 Å². The molecule has 1 fully saturated rings. The van der Waals surface area contributed by atoms with Crippen molar-refractivity contribution in [1.82, 2.24) is 15.6 Å². The maximum Gasteiger partial charge on any atom is 0.273 e. The van der Waals surface area contributed by atoms with Gasteiger partial charge in [-0.15, -0.1) is 0 Å². The fraction of sp³-hybridized carbons (Fsp3) is 0.571. The number of hydrogen-bond donors (Lipinski definition) is 3. The second-order valence-corrected chi connectivity index (χ2v) is 5.24. The van der Waals surface area contributed by atoms with E-state index >= 15 is 0 Å². The number of amides is 1. The molecule has 1 saturated heterocycles. The van der Waals surface area contributed by atoms with Crippen molar-refractivity contribution >= 4 is 5.91 Å². The molecule has 0 aromatic carbocycles. The van der Waals surface area contributed by atoms with Gasteiger partial charge in [0, 0.05) is 25.3 Å². The van der Waals surface area contributed by atoms with Crippen LogP contribution in [0, 0.1) is 5.41 Å². The summed E-state index contributed by atoms with van der Waals surface area (Å²) in [6.07, 6.45) is 3.40. The average Bonchev–Trinajstić information content (AvgIpc) is 2.47. The maximum absolute atomic E-state index is 12.1. The van der Waals surface area contributed by atoms with Gasteiger partial charge in [-0.3, -0.25) is 4.79 Å². The third kappa shape index (κ3) is 3.46. The molecule has 3 N–H and O–H groups in total. The fourth-order valence-corrected chi connectivity index (χ4v) is 2.56. The number of nitrogens with one attached hydrogen (secondary N) is 2. The molecule has 0 bridgehead atoms. The van der Waals surface area contributed by atoms with Gasteiger partial charge in [-0.2, -0.15) is 0 Å². The minimum absolute atomic E-state index is 0.0416. The highest BCUT2D eigenvalue weighted by Gasteiger charge is 2.32. The number of rotatable bonds is 5. The van der Waals surface area contributed by atoms with Gasteiger partial charge in [0.15, 0.2) is 5.69 Å². The topological polar surface area (TPSA) is 83.5 Å². The number of nitrogens with zero attached hydrogens (tertiary/aromatic N) is 1. The second kappa shape index (κ2) is 6.67. The Morgan fingerprint density at radius 3 is 2.95 bits per heavy atom. The molecular formula is C14H21N3O3. The highest BCUT2D eigenvalue weighted by Crippen LogP contribution is 2.28. The van der Waals surface area contributed by atoms with Gasteiger partial charge in [0.25, 0.3) is 5.91 Å². The molecule has 0 aliphatic carbocycles. The van der Waals surface area contributed by atoms with Gasteiger partial charge in [0.2, 0.25) is 0 Å². The van der Waals surface area contributed by atoms with Crippen LogP contribution in [0.2, 0.25) is 0 Å². The lowest BCUT2D eigenvalue weighted by Gasteiger charge is -2.37. The van der Waals surface area contributed by atoms with Crippen LogP contribution in [-0.4, -0.2) is 49.3 Å². The summed E-state index contributed by atoms with van der Waals surface area (Å²) in [4.78, 5) is 16.0. The molecule has 20 heavy (non-hydrogen) atoms. The summed E-state index contributed by atoms with van der Waals surface area (Å²) in [7, 11) is 1.68. The van der Waals surface area contributed by atoms with E-state index in [-0.39, 0.29) is 22.8 Å². The van der Waals surface area contributed by atoms with E-state index in [1.54, 1.807) is 13.2 Å². The summed E-state index contributed by atoms with van der Waals surface area (Å²) in [6.45, 7) is 2.99. The van der Waals surface area contributed by atoms with Crippen molar-refractivity contribution in [2.45, 2.75) is 12.8 Å². The minimum Gasteiger partial charge on any atom is -0.505 e. The molecule has 6 nitrogen and oxygen atoms in total. The van der Waals surface area contributed by atoms with Gasteiger partial charge in [-0.25, -0.2) is 4.98 Å². The molecule has 1 aliphatic rings. The number of ether oxygens (including phenoxy) is 1. The van der Waals surface area contributed by atoms with Crippen LogP contribution in [-0.2, 0) is 4.74 Å². The SMILES string of the molecule is COCC1(CNC(=O)c2ncccc2O)CCNCC1. The Kier molecular flexibility index (Phi) is 4.92. The maximum atomic E-state index is 12.1. The van der Waals surface area contributed by atoms with Gasteiger partial charge in [0.1, 0.15) is 5.75 Å². The molecule has 6 heteroatoms. The van der Waals surface area contributed by atoms with E-state index in [4.69, 9.17) is 4.74 Å². The van der Waals surface area contributed by atoms with E-state index in [9.17, 15) is 9.90 Å². The molecule has 0 saturated carbocycles. The molecular weight excluding hydrogens is 258 g/mol. The molecule has 1 aliphatic heterocycles.